The van der Waals surface area contributed by atoms with E-state index < -0.39 is 0 Å². The van der Waals surface area contributed by atoms with Crippen molar-refractivity contribution in [3.63, 3.8) is 0 Å². The number of nitrogens with one attached hydrogen (secondary N) is 1. The highest BCUT2D eigenvalue weighted by atomic mass is 16.5. The highest BCUT2D eigenvalue weighted by Gasteiger charge is 2.31. The van der Waals surface area contributed by atoms with Gasteiger partial charge in [-0.3, -0.25) is 4.79 Å². The number of carbonyl (C=O) groups is 1. The first-order chi connectivity index (χ1) is 9.91. The topological polar surface area (TPSA) is 64.3 Å². The van der Waals surface area contributed by atoms with E-state index >= 15 is 0 Å². The van der Waals surface area contributed by atoms with E-state index in [0.29, 0.717) is 13.2 Å². The Morgan fingerprint density at radius 2 is 2.14 bits per heavy atom. The van der Waals surface area contributed by atoms with E-state index in [1.807, 2.05) is 24.3 Å². The third-order valence-electron chi connectivity index (χ3n) is 4.07. The molecule has 116 valence electrons. The summed E-state index contributed by atoms with van der Waals surface area (Å²) in [5, 5.41) is 3.16. The highest BCUT2D eigenvalue weighted by Crippen LogP contribution is 2.28. The number of hydrogen-bond donors (Lipinski definition) is 2. The number of benzene rings is 1. The molecule has 4 heteroatoms. The molecule has 4 nitrogen and oxygen atoms in total. The SMILES string of the molecule is CC(C)(C)C(CCN)NC(=O)C1COc2ccccc2C1. The molecule has 1 aliphatic rings. The lowest BCUT2D eigenvalue weighted by Crippen LogP contribution is -2.48. The summed E-state index contributed by atoms with van der Waals surface area (Å²) in [7, 11) is 0. The summed E-state index contributed by atoms with van der Waals surface area (Å²) in [5.41, 5.74) is 6.78. The lowest BCUT2D eigenvalue weighted by molar-refractivity contribution is -0.127. The van der Waals surface area contributed by atoms with E-state index in [-0.39, 0.29) is 23.3 Å². The van der Waals surface area contributed by atoms with Crippen LogP contribution in [-0.4, -0.2) is 25.1 Å². The molecule has 0 bridgehead atoms. The predicted octanol–water partition coefficient (Wildman–Crippen LogP) is 2.12. The number of para-hydroxylation sites is 1. The van der Waals surface area contributed by atoms with Gasteiger partial charge < -0.3 is 15.8 Å². The van der Waals surface area contributed by atoms with Crippen LogP contribution in [0.15, 0.2) is 24.3 Å². The molecular formula is C17H26N2O2. The second-order valence-corrected chi connectivity index (χ2v) is 6.82. The molecule has 2 unspecified atom stereocenters. The molecular weight excluding hydrogens is 264 g/mol. The number of hydrogen-bond acceptors (Lipinski definition) is 3. The first kappa shape index (κ1) is 15.8. The zero-order valence-corrected chi connectivity index (χ0v) is 13.2. The van der Waals surface area contributed by atoms with Crippen molar-refractivity contribution in [1.82, 2.24) is 5.32 Å². The van der Waals surface area contributed by atoms with Crippen molar-refractivity contribution in [2.75, 3.05) is 13.2 Å². The van der Waals surface area contributed by atoms with E-state index in [1.54, 1.807) is 0 Å². The minimum Gasteiger partial charge on any atom is -0.492 e. The quantitative estimate of drug-likeness (QED) is 0.892. The lowest BCUT2D eigenvalue weighted by atomic mass is 9.84. The Bertz CT molecular complexity index is 494. The Balaban J connectivity index is 2.01. The summed E-state index contributed by atoms with van der Waals surface area (Å²) in [6.45, 7) is 7.40. The molecule has 21 heavy (non-hydrogen) atoms. The summed E-state index contributed by atoms with van der Waals surface area (Å²) in [6.07, 6.45) is 1.53. The monoisotopic (exact) mass is 290 g/mol. The van der Waals surface area contributed by atoms with E-state index in [2.05, 4.69) is 26.1 Å². The van der Waals surface area contributed by atoms with Gasteiger partial charge in [0, 0.05) is 6.04 Å². The molecule has 1 aromatic carbocycles. The van der Waals surface area contributed by atoms with E-state index in [9.17, 15) is 4.79 Å². The molecule has 0 aliphatic carbocycles. The number of carbonyl (C=O) groups excluding carboxylic acids is 1. The minimum atomic E-state index is -0.123. The summed E-state index contributed by atoms with van der Waals surface area (Å²) in [6, 6.07) is 8.00. The van der Waals surface area contributed by atoms with E-state index in [0.717, 1.165) is 24.2 Å². The molecule has 1 amide bonds. The van der Waals surface area contributed by atoms with Gasteiger partial charge in [0.1, 0.15) is 12.4 Å². The first-order valence-corrected chi connectivity index (χ1v) is 7.63. The van der Waals surface area contributed by atoms with Crippen molar-refractivity contribution in [2.45, 2.75) is 39.7 Å². The van der Waals surface area contributed by atoms with Gasteiger partial charge in [0.25, 0.3) is 0 Å². The normalized spacial score (nSPS) is 19.3. The fourth-order valence-corrected chi connectivity index (χ4v) is 2.67. The molecule has 0 fully saturated rings. The van der Waals surface area contributed by atoms with Crippen molar-refractivity contribution in [1.29, 1.82) is 0 Å². The molecule has 3 N–H and O–H groups in total. The second kappa shape index (κ2) is 6.48. The Morgan fingerprint density at radius 1 is 1.43 bits per heavy atom. The van der Waals surface area contributed by atoms with Gasteiger partial charge in [-0.2, -0.15) is 0 Å². The lowest BCUT2D eigenvalue weighted by Gasteiger charge is -2.33. The van der Waals surface area contributed by atoms with Crippen molar-refractivity contribution in [3.05, 3.63) is 29.8 Å². The van der Waals surface area contributed by atoms with Crippen LogP contribution >= 0.6 is 0 Å². The van der Waals surface area contributed by atoms with E-state index in [4.69, 9.17) is 10.5 Å². The van der Waals surface area contributed by atoms with Gasteiger partial charge in [-0.1, -0.05) is 39.0 Å². The number of rotatable bonds is 4. The molecule has 0 saturated heterocycles. The number of fused-ring (bicyclic) bond motifs is 1. The Kier molecular flexibility index (Phi) is 4.88. The van der Waals surface area contributed by atoms with Crippen molar-refractivity contribution in [3.8, 4) is 5.75 Å². The average molecular weight is 290 g/mol. The van der Waals surface area contributed by atoms with Gasteiger partial charge >= 0.3 is 0 Å². The Morgan fingerprint density at radius 3 is 2.81 bits per heavy atom. The van der Waals surface area contributed by atoms with Crippen LogP contribution in [0.3, 0.4) is 0 Å². The van der Waals surface area contributed by atoms with Crippen molar-refractivity contribution >= 4 is 5.91 Å². The summed E-state index contributed by atoms with van der Waals surface area (Å²) in [4.78, 5) is 12.5. The Labute approximate surface area is 127 Å². The summed E-state index contributed by atoms with van der Waals surface area (Å²) in [5.74, 6) is 0.844. The molecule has 2 rings (SSSR count). The average Bonchev–Trinajstić information content (AvgIpc) is 2.45. The van der Waals surface area contributed by atoms with Crippen molar-refractivity contribution < 1.29 is 9.53 Å². The number of amides is 1. The summed E-state index contributed by atoms with van der Waals surface area (Å²) < 4.78 is 5.70. The molecule has 0 radical (unpaired) electrons. The van der Waals surface area contributed by atoms with Gasteiger partial charge in [0.15, 0.2) is 0 Å². The largest absolute Gasteiger partial charge is 0.492 e. The van der Waals surface area contributed by atoms with Crippen LogP contribution in [0.2, 0.25) is 0 Å². The maximum atomic E-state index is 12.5. The fourth-order valence-electron chi connectivity index (χ4n) is 2.67. The highest BCUT2D eigenvalue weighted by molar-refractivity contribution is 5.80. The molecule has 1 aliphatic heterocycles. The van der Waals surface area contributed by atoms with Gasteiger partial charge in [0.2, 0.25) is 5.91 Å². The van der Waals surface area contributed by atoms with Crippen LogP contribution in [-0.2, 0) is 11.2 Å². The smallest absolute Gasteiger partial charge is 0.227 e. The van der Waals surface area contributed by atoms with Crippen LogP contribution in [0, 0.1) is 11.3 Å². The molecule has 0 spiro atoms. The zero-order valence-electron chi connectivity index (χ0n) is 13.2. The first-order valence-electron chi connectivity index (χ1n) is 7.63. The van der Waals surface area contributed by atoms with Crippen LogP contribution in [0.25, 0.3) is 0 Å². The number of ether oxygens (including phenoxy) is 1. The van der Waals surface area contributed by atoms with Gasteiger partial charge in [-0.05, 0) is 36.4 Å². The second-order valence-electron chi connectivity index (χ2n) is 6.82. The third-order valence-corrected chi connectivity index (χ3v) is 4.07. The zero-order chi connectivity index (χ0) is 15.5. The molecule has 0 aromatic heterocycles. The third kappa shape index (κ3) is 3.97. The van der Waals surface area contributed by atoms with Crippen LogP contribution in [0.1, 0.15) is 32.8 Å². The molecule has 0 saturated carbocycles. The van der Waals surface area contributed by atoms with Gasteiger partial charge in [-0.15, -0.1) is 0 Å². The predicted molar refractivity (Wildman–Crippen MR) is 84.2 cm³/mol. The Hall–Kier alpha value is -1.55. The maximum absolute atomic E-state index is 12.5. The molecule has 1 aromatic rings. The van der Waals surface area contributed by atoms with Gasteiger partial charge in [-0.25, -0.2) is 0 Å². The van der Waals surface area contributed by atoms with Gasteiger partial charge in [0.05, 0.1) is 5.92 Å². The summed E-state index contributed by atoms with van der Waals surface area (Å²) >= 11 is 0. The minimum absolute atomic E-state index is 0.00244. The molecule has 1 heterocycles. The maximum Gasteiger partial charge on any atom is 0.227 e. The van der Waals surface area contributed by atoms with E-state index in [1.165, 1.54) is 0 Å². The van der Waals surface area contributed by atoms with Crippen molar-refractivity contribution in [2.24, 2.45) is 17.1 Å². The molecule has 2 atom stereocenters. The fraction of sp³-hybridized carbons (Fsp3) is 0.588. The van der Waals surface area contributed by atoms with Crippen LogP contribution in [0.5, 0.6) is 5.75 Å². The van der Waals surface area contributed by atoms with Crippen LogP contribution < -0.4 is 15.8 Å². The van der Waals surface area contributed by atoms with Crippen LogP contribution in [0.4, 0.5) is 0 Å². The number of nitrogens with two attached hydrogens (primary N) is 1. The standard InChI is InChI=1S/C17H26N2O2/c1-17(2,3)15(8-9-18)19-16(20)13-10-12-6-4-5-7-14(12)21-11-13/h4-7,13,15H,8-11,18H2,1-3H3,(H,19,20).